The number of hydrogen-bond donors (Lipinski definition) is 1. The lowest BCUT2D eigenvalue weighted by molar-refractivity contribution is 0.690. The highest BCUT2D eigenvalue weighted by atomic mass is 32.1. The van der Waals surface area contributed by atoms with Crippen molar-refractivity contribution in [2.24, 2.45) is 5.73 Å². The Bertz CT molecular complexity index is 482. The van der Waals surface area contributed by atoms with E-state index in [4.69, 9.17) is 5.73 Å². The van der Waals surface area contributed by atoms with Crippen LogP contribution in [0.25, 0.3) is 5.00 Å². The Morgan fingerprint density at radius 2 is 1.94 bits per heavy atom. The molecule has 2 heterocycles. The van der Waals surface area contributed by atoms with Crippen molar-refractivity contribution in [3.05, 3.63) is 40.5 Å². The van der Waals surface area contributed by atoms with Crippen LogP contribution in [0.1, 0.15) is 28.8 Å². The van der Waals surface area contributed by atoms with Gasteiger partial charge in [0, 0.05) is 29.4 Å². The van der Waals surface area contributed by atoms with Crippen LogP contribution in [0.3, 0.4) is 0 Å². The molecule has 0 aliphatic heterocycles. The van der Waals surface area contributed by atoms with Crippen LogP contribution < -0.4 is 5.73 Å². The maximum atomic E-state index is 5.92. The van der Waals surface area contributed by atoms with Gasteiger partial charge in [-0.3, -0.25) is 0 Å². The van der Waals surface area contributed by atoms with Crippen LogP contribution >= 0.6 is 11.3 Å². The fraction of sp³-hybridized carbons (Fsp3) is 0.385. The first-order chi connectivity index (χ1) is 7.90. The number of aryl methyl sites for hydroxylation is 1. The predicted molar refractivity (Wildman–Crippen MR) is 68.2 cm³/mol. The lowest BCUT2D eigenvalue weighted by Gasteiger charge is -2.11. The van der Waals surface area contributed by atoms with E-state index in [9.17, 15) is 0 Å². The first kappa shape index (κ1) is 10.1. The Morgan fingerprint density at radius 3 is 2.69 bits per heavy atom. The molecule has 16 heavy (non-hydrogen) atoms. The van der Waals surface area contributed by atoms with Crippen LogP contribution in [0.2, 0.25) is 0 Å². The molecule has 0 bridgehead atoms. The second kappa shape index (κ2) is 4.07. The number of thiophene rings is 1. The molecule has 0 unspecified atom stereocenters. The Hall–Kier alpha value is -1.06. The molecule has 0 radical (unpaired) electrons. The van der Waals surface area contributed by atoms with Gasteiger partial charge < -0.3 is 10.3 Å². The zero-order valence-electron chi connectivity index (χ0n) is 9.28. The van der Waals surface area contributed by atoms with Crippen LogP contribution in [-0.4, -0.2) is 4.57 Å². The van der Waals surface area contributed by atoms with Crippen LogP contribution in [0.5, 0.6) is 0 Å². The van der Waals surface area contributed by atoms with Gasteiger partial charge in [0.1, 0.15) is 5.00 Å². The molecule has 2 aromatic heterocycles. The summed E-state index contributed by atoms with van der Waals surface area (Å²) >= 11 is 1.93. The van der Waals surface area contributed by atoms with Crippen molar-refractivity contribution in [3.8, 4) is 5.00 Å². The normalized spacial score (nSPS) is 15.1. The van der Waals surface area contributed by atoms with Crippen molar-refractivity contribution >= 4 is 11.3 Å². The number of rotatable bonds is 2. The predicted octanol–water partition coefficient (Wildman–Crippen LogP) is 2.88. The quantitative estimate of drug-likeness (QED) is 0.848. The minimum Gasteiger partial charge on any atom is -0.326 e. The molecule has 0 spiro atoms. The third-order valence-electron chi connectivity index (χ3n) is 3.30. The maximum absolute atomic E-state index is 5.92. The summed E-state index contributed by atoms with van der Waals surface area (Å²) in [5, 5.41) is 1.33. The molecule has 84 valence electrons. The summed E-state index contributed by atoms with van der Waals surface area (Å²) in [6.45, 7) is 0.666. The largest absolute Gasteiger partial charge is 0.326 e. The van der Waals surface area contributed by atoms with E-state index in [0.717, 1.165) is 0 Å². The van der Waals surface area contributed by atoms with Gasteiger partial charge in [0.25, 0.3) is 0 Å². The van der Waals surface area contributed by atoms with Gasteiger partial charge in [-0.2, -0.15) is 0 Å². The number of fused-ring (bicyclic) bond motifs is 1. The number of aromatic nitrogens is 1. The van der Waals surface area contributed by atoms with E-state index in [2.05, 4.69) is 29.1 Å². The molecular weight excluding hydrogens is 216 g/mol. The highest BCUT2D eigenvalue weighted by Crippen LogP contribution is 2.36. The summed E-state index contributed by atoms with van der Waals surface area (Å²) < 4.78 is 2.20. The first-order valence-corrected chi connectivity index (χ1v) is 6.68. The molecule has 0 amide bonds. The zero-order valence-corrected chi connectivity index (χ0v) is 10.1. The van der Waals surface area contributed by atoms with Gasteiger partial charge in [-0.1, -0.05) is 0 Å². The second-order valence-corrected chi connectivity index (χ2v) is 5.37. The van der Waals surface area contributed by atoms with Crippen LogP contribution in [-0.2, 0) is 19.4 Å². The van der Waals surface area contributed by atoms with Gasteiger partial charge in [-0.15, -0.1) is 11.3 Å². The Kier molecular flexibility index (Phi) is 2.58. The fourth-order valence-corrected chi connectivity index (χ4v) is 3.89. The summed E-state index contributed by atoms with van der Waals surface area (Å²) in [4.78, 5) is 1.57. The standard InChI is InChI=1S/C13H16N2S/c14-9-11-10-5-1-2-6-12(10)16-13(11)15-7-3-4-8-15/h3-4,7-8H,1-2,5-6,9,14H2. The average molecular weight is 232 g/mol. The van der Waals surface area contributed by atoms with E-state index in [0.29, 0.717) is 6.54 Å². The number of hydrogen-bond acceptors (Lipinski definition) is 2. The maximum Gasteiger partial charge on any atom is 0.104 e. The van der Waals surface area contributed by atoms with E-state index in [-0.39, 0.29) is 0 Å². The minimum atomic E-state index is 0.666. The van der Waals surface area contributed by atoms with E-state index < -0.39 is 0 Å². The molecule has 0 aromatic carbocycles. The Morgan fingerprint density at radius 1 is 1.19 bits per heavy atom. The summed E-state index contributed by atoms with van der Waals surface area (Å²) in [5.41, 5.74) is 8.83. The molecule has 0 saturated carbocycles. The van der Waals surface area contributed by atoms with E-state index in [1.54, 1.807) is 10.4 Å². The van der Waals surface area contributed by atoms with Gasteiger partial charge in [0.15, 0.2) is 0 Å². The van der Waals surface area contributed by atoms with Crippen molar-refractivity contribution in [2.45, 2.75) is 32.2 Å². The smallest absolute Gasteiger partial charge is 0.104 e. The molecule has 3 heteroatoms. The molecule has 2 N–H and O–H groups in total. The first-order valence-electron chi connectivity index (χ1n) is 5.87. The summed E-state index contributed by atoms with van der Waals surface area (Å²) in [5.74, 6) is 0. The SMILES string of the molecule is NCc1c(-n2cccc2)sc2c1CCCC2. The lowest BCUT2D eigenvalue weighted by Crippen LogP contribution is -2.06. The molecule has 1 aliphatic rings. The van der Waals surface area contributed by atoms with Crippen molar-refractivity contribution in [3.63, 3.8) is 0 Å². The van der Waals surface area contributed by atoms with Gasteiger partial charge in [0.2, 0.25) is 0 Å². The average Bonchev–Trinajstić information content (AvgIpc) is 2.95. The molecule has 0 fully saturated rings. The molecule has 2 nitrogen and oxygen atoms in total. The van der Waals surface area contributed by atoms with Crippen molar-refractivity contribution in [1.29, 1.82) is 0 Å². The fourth-order valence-electron chi connectivity index (χ4n) is 2.51. The number of nitrogens with two attached hydrogens (primary N) is 1. The highest BCUT2D eigenvalue weighted by molar-refractivity contribution is 7.14. The highest BCUT2D eigenvalue weighted by Gasteiger charge is 2.20. The van der Waals surface area contributed by atoms with E-state index in [1.165, 1.54) is 36.2 Å². The molecule has 3 rings (SSSR count). The van der Waals surface area contributed by atoms with Gasteiger partial charge in [0.05, 0.1) is 0 Å². The van der Waals surface area contributed by atoms with Gasteiger partial charge >= 0.3 is 0 Å². The zero-order chi connectivity index (χ0) is 11.0. The van der Waals surface area contributed by atoms with Gasteiger partial charge in [-0.05, 0) is 43.4 Å². The Balaban J connectivity index is 2.14. The van der Waals surface area contributed by atoms with E-state index >= 15 is 0 Å². The molecular formula is C13H16N2S. The third kappa shape index (κ3) is 1.51. The Labute approximate surface area is 99.7 Å². The summed E-state index contributed by atoms with van der Waals surface area (Å²) in [7, 11) is 0. The van der Waals surface area contributed by atoms with Gasteiger partial charge in [-0.25, -0.2) is 0 Å². The van der Waals surface area contributed by atoms with E-state index in [1.807, 2.05) is 11.3 Å². The van der Waals surface area contributed by atoms with Crippen LogP contribution in [0.4, 0.5) is 0 Å². The number of nitrogens with zero attached hydrogens (tertiary/aromatic N) is 1. The summed E-state index contributed by atoms with van der Waals surface area (Å²) in [6.07, 6.45) is 9.34. The van der Waals surface area contributed by atoms with Crippen molar-refractivity contribution < 1.29 is 0 Å². The van der Waals surface area contributed by atoms with Crippen molar-refractivity contribution in [2.75, 3.05) is 0 Å². The minimum absolute atomic E-state index is 0.666. The molecule has 0 saturated heterocycles. The van der Waals surface area contributed by atoms with Crippen molar-refractivity contribution in [1.82, 2.24) is 4.57 Å². The third-order valence-corrected chi connectivity index (χ3v) is 4.65. The monoisotopic (exact) mass is 232 g/mol. The molecule has 2 aromatic rings. The second-order valence-electron chi connectivity index (χ2n) is 4.29. The van der Waals surface area contributed by atoms with Crippen LogP contribution in [0, 0.1) is 0 Å². The lowest BCUT2D eigenvalue weighted by atomic mass is 9.95. The van der Waals surface area contributed by atoms with Crippen LogP contribution in [0.15, 0.2) is 24.5 Å². The molecule has 1 aliphatic carbocycles. The topological polar surface area (TPSA) is 30.9 Å². The summed E-state index contributed by atoms with van der Waals surface area (Å²) in [6, 6.07) is 4.14. The molecule has 0 atom stereocenters.